The second kappa shape index (κ2) is 9.65. The van der Waals surface area contributed by atoms with Gasteiger partial charge in [0.25, 0.3) is 5.91 Å². The van der Waals surface area contributed by atoms with Gasteiger partial charge in [-0.1, -0.05) is 13.0 Å². The van der Waals surface area contributed by atoms with Crippen molar-refractivity contribution in [3.8, 4) is 0 Å². The van der Waals surface area contributed by atoms with E-state index >= 15 is 0 Å². The molecule has 0 saturated carbocycles. The number of carbonyl (C=O) groups is 2. The van der Waals surface area contributed by atoms with E-state index in [0.717, 1.165) is 19.3 Å². The first-order chi connectivity index (χ1) is 12.4. The van der Waals surface area contributed by atoms with Crippen LogP contribution in [0, 0.1) is 0 Å². The minimum Gasteiger partial charge on any atom is -0.452 e. The number of esters is 1. The Morgan fingerprint density at radius 3 is 2.85 bits per heavy atom. The first kappa shape index (κ1) is 20.3. The number of amides is 1. The fourth-order valence-corrected chi connectivity index (χ4v) is 3.52. The maximum atomic E-state index is 12.4. The number of hydrogen-bond donors (Lipinski definition) is 2. The summed E-state index contributed by atoms with van der Waals surface area (Å²) in [6.07, 6.45) is 2.38. The summed E-state index contributed by atoms with van der Waals surface area (Å²) in [4.78, 5) is 23.5. The van der Waals surface area contributed by atoms with Gasteiger partial charge in [-0.25, -0.2) is 17.9 Å². The molecule has 1 aliphatic rings. The Morgan fingerprint density at radius 2 is 2.15 bits per heavy atom. The van der Waals surface area contributed by atoms with Crippen LogP contribution in [0.3, 0.4) is 0 Å². The highest BCUT2D eigenvalue weighted by molar-refractivity contribution is 7.89. The van der Waals surface area contributed by atoms with E-state index in [4.69, 9.17) is 9.47 Å². The molecule has 1 amide bonds. The Labute approximate surface area is 153 Å². The second-order valence-corrected chi connectivity index (χ2v) is 7.71. The number of hydrogen-bond acceptors (Lipinski definition) is 6. The quantitative estimate of drug-likeness (QED) is 0.610. The normalized spacial score (nSPS) is 17.0. The molecule has 1 heterocycles. The van der Waals surface area contributed by atoms with Gasteiger partial charge >= 0.3 is 5.97 Å². The van der Waals surface area contributed by atoms with E-state index in [-0.39, 0.29) is 23.1 Å². The van der Waals surface area contributed by atoms with E-state index in [1.54, 1.807) is 0 Å². The van der Waals surface area contributed by atoms with Crippen LogP contribution in [-0.2, 0) is 24.3 Å². The van der Waals surface area contributed by atoms with Crippen LogP contribution in [0.1, 0.15) is 36.5 Å². The third-order valence-corrected chi connectivity index (χ3v) is 5.23. The van der Waals surface area contributed by atoms with E-state index in [1.165, 1.54) is 24.3 Å². The van der Waals surface area contributed by atoms with Crippen LogP contribution in [0.15, 0.2) is 29.2 Å². The smallest absolute Gasteiger partial charge is 0.338 e. The highest BCUT2D eigenvalue weighted by Gasteiger charge is 2.21. The first-order valence-corrected chi connectivity index (χ1v) is 10.1. The van der Waals surface area contributed by atoms with Crippen molar-refractivity contribution in [1.82, 2.24) is 10.0 Å². The van der Waals surface area contributed by atoms with Crippen LogP contribution in [0.4, 0.5) is 0 Å². The first-order valence-electron chi connectivity index (χ1n) is 8.57. The van der Waals surface area contributed by atoms with Gasteiger partial charge in [0.2, 0.25) is 10.0 Å². The Morgan fingerprint density at radius 1 is 1.35 bits per heavy atom. The van der Waals surface area contributed by atoms with Crippen molar-refractivity contribution < 1.29 is 27.5 Å². The van der Waals surface area contributed by atoms with Gasteiger partial charge in [0, 0.05) is 19.7 Å². The molecule has 1 aliphatic heterocycles. The molecule has 2 N–H and O–H groups in total. The molecule has 1 aromatic rings. The van der Waals surface area contributed by atoms with Crippen LogP contribution in [0.5, 0.6) is 0 Å². The molecule has 0 spiro atoms. The Balaban J connectivity index is 1.95. The van der Waals surface area contributed by atoms with Gasteiger partial charge in [-0.2, -0.15) is 0 Å². The van der Waals surface area contributed by atoms with Crippen molar-refractivity contribution in [2.75, 3.05) is 26.3 Å². The van der Waals surface area contributed by atoms with Gasteiger partial charge in [0.15, 0.2) is 6.61 Å². The van der Waals surface area contributed by atoms with Crippen LogP contribution in [0.25, 0.3) is 0 Å². The van der Waals surface area contributed by atoms with E-state index in [1.807, 2.05) is 6.92 Å². The molecule has 0 bridgehead atoms. The molecule has 1 saturated heterocycles. The van der Waals surface area contributed by atoms with Crippen molar-refractivity contribution in [3.63, 3.8) is 0 Å². The molecule has 0 aliphatic carbocycles. The number of nitrogens with one attached hydrogen (secondary N) is 2. The zero-order valence-electron chi connectivity index (χ0n) is 14.7. The lowest BCUT2D eigenvalue weighted by atomic mass is 10.2. The highest BCUT2D eigenvalue weighted by atomic mass is 32.2. The summed E-state index contributed by atoms with van der Waals surface area (Å²) in [5.74, 6) is -1.16. The van der Waals surface area contributed by atoms with E-state index in [2.05, 4.69) is 10.0 Å². The minimum atomic E-state index is -3.76. The molecule has 2 rings (SSSR count). The standard InChI is InChI=1S/C17H24N2O6S/c1-2-8-18-16(20)12-25-17(21)13-5-3-7-15(10-13)26(22,23)19-11-14-6-4-9-24-14/h3,5,7,10,14,19H,2,4,6,8-9,11-12H2,1H3,(H,18,20)/t14-/m1/s1. The summed E-state index contributed by atoms with van der Waals surface area (Å²) >= 11 is 0. The summed E-state index contributed by atoms with van der Waals surface area (Å²) < 4.78 is 37.5. The van der Waals surface area contributed by atoms with E-state index in [9.17, 15) is 18.0 Å². The molecule has 8 nitrogen and oxygen atoms in total. The fraction of sp³-hybridized carbons (Fsp3) is 0.529. The third-order valence-electron chi connectivity index (χ3n) is 3.81. The summed E-state index contributed by atoms with van der Waals surface area (Å²) in [6.45, 7) is 2.83. The molecule has 144 valence electrons. The van der Waals surface area contributed by atoms with Gasteiger partial charge in [-0.15, -0.1) is 0 Å². The summed E-state index contributed by atoms with van der Waals surface area (Å²) in [6, 6.07) is 5.51. The number of sulfonamides is 1. The summed E-state index contributed by atoms with van der Waals surface area (Å²) in [5, 5.41) is 2.58. The van der Waals surface area contributed by atoms with Crippen LogP contribution >= 0.6 is 0 Å². The molecular formula is C17H24N2O6S. The molecule has 26 heavy (non-hydrogen) atoms. The number of rotatable bonds is 9. The van der Waals surface area contributed by atoms with Crippen molar-refractivity contribution in [2.45, 2.75) is 37.2 Å². The van der Waals surface area contributed by atoms with Crippen LogP contribution in [-0.4, -0.2) is 52.7 Å². The predicted molar refractivity (Wildman–Crippen MR) is 94.2 cm³/mol. The fourth-order valence-electron chi connectivity index (χ4n) is 2.41. The maximum absolute atomic E-state index is 12.4. The van der Waals surface area contributed by atoms with Crippen LogP contribution < -0.4 is 10.0 Å². The lowest BCUT2D eigenvalue weighted by Gasteiger charge is -2.12. The molecule has 1 atom stereocenters. The monoisotopic (exact) mass is 384 g/mol. The van der Waals surface area contributed by atoms with Gasteiger partial charge < -0.3 is 14.8 Å². The molecular weight excluding hydrogens is 360 g/mol. The van der Waals surface area contributed by atoms with Crippen molar-refractivity contribution in [1.29, 1.82) is 0 Å². The topological polar surface area (TPSA) is 111 Å². The molecule has 1 fully saturated rings. The molecule has 9 heteroatoms. The zero-order chi connectivity index (χ0) is 19.0. The van der Waals surface area contributed by atoms with Gasteiger partial charge in [-0.3, -0.25) is 4.79 Å². The average Bonchev–Trinajstić information content (AvgIpc) is 3.16. The lowest BCUT2D eigenvalue weighted by molar-refractivity contribution is -0.124. The average molecular weight is 384 g/mol. The molecule has 0 unspecified atom stereocenters. The van der Waals surface area contributed by atoms with E-state index < -0.39 is 28.5 Å². The number of benzene rings is 1. The summed E-state index contributed by atoms with van der Waals surface area (Å²) in [5.41, 5.74) is 0.0632. The predicted octanol–water partition coefficient (Wildman–Crippen LogP) is 0.827. The molecule has 0 aromatic heterocycles. The van der Waals surface area contributed by atoms with E-state index in [0.29, 0.717) is 13.2 Å². The Bertz CT molecular complexity index is 729. The third kappa shape index (κ3) is 6.08. The highest BCUT2D eigenvalue weighted by Crippen LogP contribution is 2.15. The second-order valence-electron chi connectivity index (χ2n) is 5.94. The van der Waals surface area contributed by atoms with Gasteiger partial charge in [0.05, 0.1) is 16.6 Å². The zero-order valence-corrected chi connectivity index (χ0v) is 15.5. The Kier molecular flexibility index (Phi) is 7.55. The maximum Gasteiger partial charge on any atom is 0.338 e. The van der Waals surface area contributed by atoms with Crippen molar-refractivity contribution >= 4 is 21.9 Å². The number of carbonyl (C=O) groups excluding carboxylic acids is 2. The SMILES string of the molecule is CCCNC(=O)COC(=O)c1cccc(S(=O)(=O)NC[C@H]2CCCO2)c1. The van der Waals surface area contributed by atoms with Gasteiger partial charge in [0.1, 0.15) is 0 Å². The van der Waals surface area contributed by atoms with Crippen LogP contribution in [0.2, 0.25) is 0 Å². The van der Waals surface area contributed by atoms with Gasteiger partial charge in [-0.05, 0) is 37.5 Å². The minimum absolute atomic E-state index is 0.0413. The molecule has 1 aromatic carbocycles. The van der Waals surface area contributed by atoms with Crippen molar-refractivity contribution in [2.24, 2.45) is 0 Å². The summed E-state index contributed by atoms with van der Waals surface area (Å²) in [7, 11) is -3.76. The largest absolute Gasteiger partial charge is 0.452 e. The Hall–Kier alpha value is -1.97. The number of ether oxygens (including phenoxy) is 2. The van der Waals surface area contributed by atoms with Crippen molar-refractivity contribution in [3.05, 3.63) is 29.8 Å². The molecule has 0 radical (unpaired) electrons. The lowest BCUT2D eigenvalue weighted by Crippen LogP contribution is -2.32.